The average molecular weight is 342 g/mol. The van der Waals surface area contributed by atoms with E-state index < -0.39 is 0 Å². The van der Waals surface area contributed by atoms with Gasteiger partial charge in [0.1, 0.15) is 0 Å². The van der Waals surface area contributed by atoms with Gasteiger partial charge in [-0.1, -0.05) is 6.92 Å². The molecule has 1 aromatic heterocycles. The highest BCUT2D eigenvalue weighted by Crippen LogP contribution is 2.34. The number of alkyl halides is 2. The molecule has 0 N–H and O–H groups in total. The quantitative estimate of drug-likeness (QED) is 0.701. The van der Waals surface area contributed by atoms with Gasteiger partial charge in [-0.3, -0.25) is 4.68 Å². The van der Waals surface area contributed by atoms with Crippen molar-refractivity contribution in [2.75, 3.05) is 11.8 Å². The van der Waals surface area contributed by atoms with Crippen molar-refractivity contribution >= 4 is 39.1 Å². The monoisotopic (exact) mass is 340 g/mol. The maximum Gasteiger partial charge on any atom is 0.0738 e. The highest BCUT2D eigenvalue weighted by molar-refractivity contribution is 9.10. The molecule has 0 bridgehead atoms. The fourth-order valence-corrected chi connectivity index (χ4v) is 3.11. The molecular formula is C12H19BrCl2N2. The largest absolute Gasteiger partial charge is 0.268 e. The van der Waals surface area contributed by atoms with E-state index in [1.54, 1.807) is 0 Å². The molecule has 98 valence electrons. The van der Waals surface area contributed by atoms with Crippen molar-refractivity contribution in [1.82, 2.24) is 9.78 Å². The van der Waals surface area contributed by atoms with E-state index in [2.05, 4.69) is 34.9 Å². The number of hydrogen-bond acceptors (Lipinski definition) is 1. The Hall–Kier alpha value is 0.270. The smallest absolute Gasteiger partial charge is 0.0738 e. The van der Waals surface area contributed by atoms with Crippen LogP contribution in [0.5, 0.6) is 0 Å². The molecule has 0 saturated carbocycles. The zero-order valence-electron chi connectivity index (χ0n) is 10.6. The minimum atomic E-state index is -0.0367. The summed E-state index contributed by atoms with van der Waals surface area (Å²) < 4.78 is 3.12. The first-order chi connectivity index (χ1) is 8.03. The lowest BCUT2D eigenvalue weighted by Crippen LogP contribution is -2.28. The third kappa shape index (κ3) is 3.18. The molecule has 0 saturated heterocycles. The lowest BCUT2D eigenvalue weighted by molar-refractivity contribution is 0.349. The Morgan fingerprint density at radius 1 is 1.29 bits per heavy atom. The minimum Gasteiger partial charge on any atom is -0.268 e. The molecular weight excluding hydrogens is 323 g/mol. The molecule has 0 fully saturated rings. The molecule has 0 radical (unpaired) electrons. The third-order valence-electron chi connectivity index (χ3n) is 3.31. The molecule has 0 aromatic carbocycles. The van der Waals surface area contributed by atoms with Crippen molar-refractivity contribution in [3.63, 3.8) is 0 Å². The van der Waals surface area contributed by atoms with Crippen LogP contribution in [0, 0.1) is 12.3 Å². The van der Waals surface area contributed by atoms with Crippen LogP contribution in [-0.4, -0.2) is 21.5 Å². The number of aromatic nitrogens is 2. The summed E-state index contributed by atoms with van der Waals surface area (Å²) in [6, 6.07) is 0. The second-order valence-corrected chi connectivity index (χ2v) is 5.79. The van der Waals surface area contributed by atoms with Gasteiger partial charge in [-0.15, -0.1) is 23.2 Å². The number of nitrogens with zero attached hydrogens (tertiary/aromatic N) is 2. The molecule has 0 unspecified atom stereocenters. The Bertz CT molecular complexity index is 365. The van der Waals surface area contributed by atoms with Crippen LogP contribution in [0.2, 0.25) is 0 Å². The summed E-state index contributed by atoms with van der Waals surface area (Å²) in [6.45, 7) is 7.11. The minimum absolute atomic E-state index is 0.0367. The molecule has 0 amide bonds. The van der Waals surface area contributed by atoms with Crippen LogP contribution in [0.3, 0.4) is 0 Å². The second kappa shape index (κ2) is 6.44. The van der Waals surface area contributed by atoms with Crippen molar-refractivity contribution < 1.29 is 0 Å². The Labute approximate surface area is 122 Å². The first-order valence-electron chi connectivity index (χ1n) is 5.87. The lowest BCUT2D eigenvalue weighted by Gasteiger charge is -2.28. The molecule has 1 heterocycles. The number of hydrogen-bond donors (Lipinski definition) is 0. The predicted molar refractivity (Wildman–Crippen MR) is 78.2 cm³/mol. The Balaban J connectivity index is 3.08. The highest BCUT2D eigenvalue weighted by Gasteiger charge is 2.29. The summed E-state index contributed by atoms with van der Waals surface area (Å²) in [4.78, 5) is 0. The lowest BCUT2D eigenvalue weighted by atomic mass is 9.84. The van der Waals surface area contributed by atoms with Crippen LogP contribution in [0.25, 0.3) is 0 Å². The van der Waals surface area contributed by atoms with Gasteiger partial charge in [-0.2, -0.15) is 5.10 Å². The van der Waals surface area contributed by atoms with Gasteiger partial charge in [-0.25, -0.2) is 0 Å². The fourth-order valence-electron chi connectivity index (χ4n) is 1.84. The first kappa shape index (κ1) is 15.3. The van der Waals surface area contributed by atoms with E-state index in [-0.39, 0.29) is 5.41 Å². The van der Waals surface area contributed by atoms with Gasteiger partial charge < -0.3 is 0 Å². The molecule has 0 atom stereocenters. The third-order valence-corrected chi connectivity index (χ3v) is 5.48. The molecule has 2 nitrogen and oxygen atoms in total. The normalized spacial score (nSPS) is 12.1. The van der Waals surface area contributed by atoms with Crippen molar-refractivity contribution in [1.29, 1.82) is 0 Å². The highest BCUT2D eigenvalue weighted by atomic mass is 79.9. The van der Waals surface area contributed by atoms with Crippen LogP contribution in [0.1, 0.15) is 31.7 Å². The van der Waals surface area contributed by atoms with Crippen LogP contribution in [0.4, 0.5) is 0 Å². The number of aryl methyl sites for hydroxylation is 2. The zero-order valence-corrected chi connectivity index (χ0v) is 13.7. The SMILES string of the molecule is CCn1nc(C)c(Br)c1CC(CC)(CCl)CCl. The van der Waals surface area contributed by atoms with E-state index in [0.29, 0.717) is 11.8 Å². The Kier molecular flexibility index (Phi) is 5.81. The van der Waals surface area contributed by atoms with E-state index in [1.807, 2.05) is 11.6 Å². The molecule has 1 rings (SSSR count). The van der Waals surface area contributed by atoms with Crippen molar-refractivity contribution in [3.8, 4) is 0 Å². The Morgan fingerprint density at radius 3 is 2.29 bits per heavy atom. The predicted octanol–water partition coefficient (Wildman–Crippen LogP) is 4.39. The van der Waals surface area contributed by atoms with E-state index in [9.17, 15) is 0 Å². The molecule has 0 aliphatic heterocycles. The molecule has 5 heteroatoms. The average Bonchev–Trinajstić information content (AvgIpc) is 2.63. The number of halogens is 3. The summed E-state index contributed by atoms with van der Waals surface area (Å²) >= 11 is 15.8. The van der Waals surface area contributed by atoms with E-state index in [1.165, 1.54) is 5.69 Å². The van der Waals surface area contributed by atoms with Gasteiger partial charge in [-0.05, 0) is 42.6 Å². The van der Waals surface area contributed by atoms with Gasteiger partial charge in [0.25, 0.3) is 0 Å². The molecule has 17 heavy (non-hydrogen) atoms. The second-order valence-electron chi connectivity index (χ2n) is 4.46. The molecule has 0 aliphatic rings. The van der Waals surface area contributed by atoms with Gasteiger partial charge in [0.05, 0.1) is 15.9 Å². The molecule has 1 aromatic rings. The zero-order chi connectivity index (χ0) is 13.1. The number of rotatable bonds is 6. The van der Waals surface area contributed by atoms with Crippen LogP contribution < -0.4 is 0 Å². The summed E-state index contributed by atoms with van der Waals surface area (Å²) in [5.74, 6) is 1.15. The first-order valence-corrected chi connectivity index (χ1v) is 7.73. The summed E-state index contributed by atoms with van der Waals surface area (Å²) in [5, 5.41) is 4.50. The van der Waals surface area contributed by atoms with Gasteiger partial charge >= 0.3 is 0 Å². The topological polar surface area (TPSA) is 17.8 Å². The van der Waals surface area contributed by atoms with Crippen LogP contribution in [-0.2, 0) is 13.0 Å². The van der Waals surface area contributed by atoms with E-state index in [0.717, 1.165) is 29.6 Å². The molecule has 0 aliphatic carbocycles. The van der Waals surface area contributed by atoms with Gasteiger partial charge in [0.2, 0.25) is 0 Å². The van der Waals surface area contributed by atoms with Crippen molar-refractivity contribution in [2.45, 2.75) is 40.2 Å². The van der Waals surface area contributed by atoms with Gasteiger partial charge in [0.15, 0.2) is 0 Å². The summed E-state index contributed by atoms with van der Waals surface area (Å²) in [5.41, 5.74) is 2.19. The Morgan fingerprint density at radius 2 is 1.88 bits per heavy atom. The standard InChI is InChI=1S/C12H19BrCl2N2/c1-4-12(7-14,8-15)6-10-11(13)9(3)16-17(10)5-2/h4-8H2,1-3H3. The van der Waals surface area contributed by atoms with Crippen molar-refractivity contribution in [2.24, 2.45) is 5.41 Å². The summed E-state index contributed by atoms with van der Waals surface area (Å²) in [6.07, 6.45) is 1.84. The van der Waals surface area contributed by atoms with Crippen LogP contribution >= 0.6 is 39.1 Å². The van der Waals surface area contributed by atoms with Crippen molar-refractivity contribution in [3.05, 3.63) is 15.9 Å². The molecule has 0 spiro atoms. The van der Waals surface area contributed by atoms with Crippen LogP contribution in [0.15, 0.2) is 4.47 Å². The fraction of sp³-hybridized carbons (Fsp3) is 0.750. The van der Waals surface area contributed by atoms with Gasteiger partial charge in [0, 0.05) is 23.7 Å². The summed E-state index contributed by atoms with van der Waals surface area (Å²) in [7, 11) is 0. The van der Waals surface area contributed by atoms with E-state index >= 15 is 0 Å². The van der Waals surface area contributed by atoms with E-state index in [4.69, 9.17) is 23.2 Å². The maximum atomic E-state index is 6.10. The maximum absolute atomic E-state index is 6.10.